The SMILES string of the molecule is COc1ccccc1C1CNCCN1C(=O)c1cnn(-c2ccccc2)c1C.Cl. The highest BCUT2D eigenvalue weighted by Gasteiger charge is 2.32. The Morgan fingerprint density at radius 3 is 2.62 bits per heavy atom. The van der Waals surface area contributed by atoms with Gasteiger partial charge in [-0.3, -0.25) is 4.79 Å². The third-order valence-corrected chi connectivity index (χ3v) is 5.24. The number of ether oxygens (including phenoxy) is 1. The summed E-state index contributed by atoms with van der Waals surface area (Å²) in [5, 5.41) is 7.86. The first-order chi connectivity index (χ1) is 13.7. The number of carbonyl (C=O) groups excluding carboxylic acids is 1. The highest BCUT2D eigenvalue weighted by Crippen LogP contribution is 2.31. The summed E-state index contributed by atoms with van der Waals surface area (Å²) in [6.07, 6.45) is 1.67. The van der Waals surface area contributed by atoms with Crippen LogP contribution in [-0.4, -0.2) is 47.3 Å². The van der Waals surface area contributed by atoms with E-state index in [2.05, 4.69) is 10.4 Å². The molecule has 3 aromatic rings. The summed E-state index contributed by atoms with van der Waals surface area (Å²) in [5.74, 6) is 0.794. The fraction of sp³-hybridized carbons (Fsp3) is 0.273. The molecule has 1 atom stereocenters. The van der Waals surface area contributed by atoms with Gasteiger partial charge in [-0.25, -0.2) is 4.68 Å². The maximum Gasteiger partial charge on any atom is 0.257 e. The van der Waals surface area contributed by atoms with Gasteiger partial charge in [0.25, 0.3) is 5.91 Å². The third-order valence-electron chi connectivity index (χ3n) is 5.24. The highest BCUT2D eigenvalue weighted by molar-refractivity contribution is 5.95. The van der Waals surface area contributed by atoms with Crippen LogP contribution < -0.4 is 10.1 Å². The van der Waals surface area contributed by atoms with Crippen molar-refractivity contribution in [2.45, 2.75) is 13.0 Å². The zero-order chi connectivity index (χ0) is 19.5. The first-order valence-corrected chi connectivity index (χ1v) is 9.45. The van der Waals surface area contributed by atoms with E-state index in [1.54, 1.807) is 13.3 Å². The van der Waals surface area contributed by atoms with Crippen LogP contribution in [0.1, 0.15) is 27.7 Å². The quantitative estimate of drug-likeness (QED) is 0.713. The van der Waals surface area contributed by atoms with Crippen molar-refractivity contribution in [2.24, 2.45) is 0 Å². The summed E-state index contributed by atoms with van der Waals surface area (Å²) < 4.78 is 7.35. The molecule has 6 nitrogen and oxygen atoms in total. The van der Waals surface area contributed by atoms with Crippen LogP contribution in [0.4, 0.5) is 0 Å². The van der Waals surface area contributed by atoms with Gasteiger partial charge in [-0.2, -0.15) is 5.10 Å². The summed E-state index contributed by atoms with van der Waals surface area (Å²) >= 11 is 0. The summed E-state index contributed by atoms with van der Waals surface area (Å²) in [6, 6.07) is 17.7. The molecule has 152 valence electrons. The maximum absolute atomic E-state index is 13.5. The van der Waals surface area contributed by atoms with Crippen LogP contribution in [0.25, 0.3) is 5.69 Å². The van der Waals surface area contributed by atoms with Gasteiger partial charge >= 0.3 is 0 Å². The van der Waals surface area contributed by atoms with Gasteiger partial charge < -0.3 is 15.0 Å². The molecule has 0 spiro atoms. The number of aromatic nitrogens is 2. The molecule has 1 saturated heterocycles. The molecule has 0 saturated carbocycles. The van der Waals surface area contributed by atoms with Gasteiger partial charge in [-0.1, -0.05) is 36.4 Å². The smallest absolute Gasteiger partial charge is 0.257 e. The van der Waals surface area contributed by atoms with Gasteiger partial charge in [0.1, 0.15) is 5.75 Å². The van der Waals surface area contributed by atoms with Gasteiger partial charge in [-0.15, -0.1) is 12.4 Å². The summed E-state index contributed by atoms with van der Waals surface area (Å²) in [4.78, 5) is 15.4. The Bertz CT molecular complexity index is 974. The van der Waals surface area contributed by atoms with Crippen molar-refractivity contribution in [3.63, 3.8) is 0 Å². The molecule has 1 amide bonds. The van der Waals surface area contributed by atoms with E-state index in [1.165, 1.54) is 0 Å². The van der Waals surface area contributed by atoms with E-state index >= 15 is 0 Å². The van der Waals surface area contributed by atoms with Crippen LogP contribution in [0, 0.1) is 6.92 Å². The number of rotatable bonds is 4. The van der Waals surface area contributed by atoms with Crippen molar-refractivity contribution in [3.8, 4) is 11.4 Å². The Morgan fingerprint density at radius 2 is 1.86 bits per heavy atom. The second-order valence-electron chi connectivity index (χ2n) is 6.85. The topological polar surface area (TPSA) is 59.4 Å². The molecule has 29 heavy (non-hydrogen) atoms. The zero-order valence-corrected chi connectivity index (χ0v) is 17.4. The van der Waals surface area contributed by atoms with Crippen molar-refractivity contribution in [1.82, 2.24) is 20.0 Å². The number of methoxy groups -OCH3 is 1. The minimum absolute atomic E-state index is 0. The van der Waals surface area contributed by atoms with E-state index in [0.717, 1.165) is 29.2 Å². The van der Waals surface area contributed by atoms with E-state index < -0.39 is 0 Å². The molecular formula is C22H25ClN4O2. The Morgan fingerprint density at radius 1 is 1.14 bits per heavy atom. The molecule has 0 aliphatic carbocycles. The molecule has 2 heterocycles. The first-order valence-electron chi connectivity index (χ1n) is 9.45. The molecule has 1 aliphatic rings. The van der Waals surface area contributed by atoms with Crippen molar-refractivity contribution in [2.75, 3.05) is 26.7 Å². The van der Waals surface area contributed by atoms with E-state index in [-0.39, 0.29) is 24.4 Å². The van der Waals surface area contributed by atoms with Crippen LogP contribution in [0.2, 0.25) is 0 Å². The van der Waals surface area contributed by atoms with Gasteiger partial charge in [-0.05, 0) is 25.1 Å². The molecule has 1 N–H and O–H groups in total. The lowest BCUT2D eigenvalue weighted by atomic mass is 10.0. The van der Waals surface area contributed by atoms with Crippen LogP contribution >= 0.6 is 12.4 Å². The largest absolute Gasteiger partial charge is 0.496 e. The molecule has 1 fully saturated rings. The number of nitrogens with zero attached hydrogens (tertiary/aromatic N) is 3. The minimum Gasteiger partial charge on any atom is -0.496 e. The average molecular weight is 413 g/mol. The van der Waals surface area contributed by atoms with Gasteiger partial charge in [0.15, 0.2) is 0 Å². The number of hydrogen-bond acceptors (Lipinski definition) is 4. The van der Waals surface area contributed by atoms with E-state index in [4.69, 9.17) is 4.74 Å². The summed E-state index contributed by atoms with van der Waals surface area (Å²) in [7, 11) is 1.66. The molecule has 1 unspecified atom stereocenters. The van der Waals surface area contributed by atoms with Crippen molar-refractivity contribution >= 4 is 18.3 Å². The third kappa shape index (κ3) is 3.99. The Hall–Kier alpha value is -2.83. The number of nitrogens with one attached hydrogen (secondary N) is 1. The Labute approximate surface area is 176 Å². The monoisotopic (exact) mass is 412 g/mol. The van der Waals surface area contributed by atoms with Crippen LogP contribution in [0.3, 0.4) is 0 Å². The van der Waals surface area contributed by atoms with E-state index in [0.29, 0.717) is 18.7 Å². The summed E-state index contributed by atoms with van der Waals surface area (Å²) in [6.45, 7) is 4.03. The lowest BCUT2D eigenvalue weighted by Crippen LogP contribution is -2.48. The molecule has 1 aromatic heterocycles. The van der Waals surface area contributed by atoms with Crippen molar-refractivity contribution < 1.29 is 9.53 Å². The lowest BCUT2D eigenvalue weighted by Gasteiger charge is -2.37. The first kappa shape index (κ1) is 20.9. The number of halogens is 1. The molecule has 1 aliphatic heterocycles. The van der Waals surface area contributed by atoms with Crippen LogP contribution in [-0.2, 0) is 0 Å². The Balaban J connectivity index is 0.00000240. The van der Waals surface area contributed by atoms with Crippen LogP contribution in [0.5, 0.6) is 5.75 Å². The number of amides is 1. The highest BCUT2D eigenvalue weighted by atomic mass is 35.5. The molecule has 0 radical (unpaired) electrons. The number of hydrogen-bond donors (Lipinski definition) is 1. The zero-order valence-electron chi connectivity index (χ0n) is 16.5. The molecule has 2 aromatic carbocycles. The number of carbonyl (C=O) groups is 1. The van der Waals surface area contributed by atoms with Crippen molar-refractivity contribution in [1.29, 1.82) is 0 Å². The van der Waals surface area contributed by atoms with Gasteiger partial charge in [0.2, 0.25) is 0 Å². The second kappa shape index (κ2) is 9.11. The number of benzene rings is 2. The standard InChI is InChI=1S/C22H24N4O2.ClH/c1-16-19(14-24-26(16)17-8-4-3-5-9-17)22(27)25-13-12-23-15-20(25)18-10-6-7-11-21(18)28-2;/h3-11,14,20,23H,12-13,15H2,1-2H3;1H. The molecular weight excluding hydrogens is 388 g/mol. The molecule has 7 heteroatoms. The fourth-order valence-electron chi connectivity index (χ4n) is 3.77. The minimum atomic E-state index is -0.0862. The maximum atomic E-state index is 13.5. The predicted molar refractivity (Wildman–Crippen MR) is 115 cm³/mol. The normalized spacial score (nSPS) is 16.2. The fourth-order valence-corrected chi connectivity index (χ4v) is 3.77. The van der Waals surface area contributed by atoms with Gasteiger partial charge in [0, 0.05) is 25.2 Å². The lowest BCUT2D eigenvalue weighted by molar-refractivity contribution is 0.0631. The Kier molecular flexibility index (Phi) is 6.56. The molecule has 4 rings (SSSR count). The van der Waals surface area contributed by atoms with Crippen molar-refractivity contribution in [3.05, 3.63) is 77.6 Å². The van der Waals surface area contributed by atoms with E-state index in [1.807, 2.05) is 71.1 Å². The van der Waals surface area contributed by atoms with Gasteiger partial charge in [0.05, 0.1) is 36.3 Å². The second-order valence-corrected chi connectivity index (χ2v) is 6.85. The summed E-state index contributed by atoms with van der Waals surface area (Å²) in [5.41, 5.74) is 3.43. The average Bonchev–Trinajstić information content (AvgIpc) is 3.15. The van der Waals surface area contributed by atoms with E-state index in [9.17, 15) is 4.79 Å². The molecule has 0 bridgehead atoms. The predicted octanol–water partition coefficient (Wildman–Crippen LogP) is 3.40. The number of piperazine rings is 1. The number of para-hydroxylation sites is 2. The van der Waals surface area contributed by atoms with Crippen LogP contribution in [0.15, 0.2) is 60.8 Å².